The van der Waals surface area contributed by atoms with Gasteiger partial charge in [0.05, 0.1) is 18.3 Å². The molecular weight excluding hydrogens is 128 g/mol. The molecule has 0 saturated heterocycles. The molecule has 0 aromatic rings. The van der Waals surface area contributed by atoms with Crippen molar-refractivity contribution < 1.29 is 9.84 Å². The maximum atomic E-state index is 8.92. The van der Waals surface area contributed by atoms with Gasteiger partial charge in [0, 0.05) is 0 Å². The SMILES string of the molecule is CCC(C)OC1CC(O)C1. The molecule has 1 fully saturated rings. The minimum absolute atomic E-state index is 0.0888. The Kier molecular flexibility index (Phi) is 2.69. The molecule has 0 amide bonds. The number of ether oxygens (including phenoxy) is 1. The Balaban J connectivity index is 2.04. The van der Waals surface area contributed by atoms with Gasteiger partial charge in [-0.1, -0.05) is 6.92 Å². The second-order valence-electron chi connectivity index (χ2n) is 3.10. The Morgan fingerprint density at radius 1 is 1.60 bits per heavy atom. The number of aliphatic hydroxyl groups excluding tert-OH is 1. The van der Waals surface area contributed by atoms with Gasteiger partial charge in [0.25, 0.3) is 0 Å². The van der Waals surface area contributed by atoms with Crippen LogP contribution < -0.4 is 0 Å². The number of hydrogen-bond donors (Lipinski definition) is 1. The van der Waals surface area contributed by atoms with Crippen LogP contribution in [0.4, 0.5) is 0 Å². The van der Waals surface area contributed by atoms with Gasteiger partial charge in [-0.15, -0.1) is 0 Å². The highest BCUT2D eigenvalue weighted by Gasteiger charge is 2.28. The molecule has 0 spiro atoms. The second kappa shape index (κ2) is 3.35. The molecule has 1 rings (SSSR count). The molecule has 1 unspecified atom stereocenters. The standard InChI is InChI=1S/C8H16O2/c1-3-6(2)10-8-4-7(9)5-8/h6-9H,3-5H2,1-2H3. The Hall–Kier alpha value is -0.0800. The minimum Gasteiger partial charge on any atom is -0.393 e. The van der Waals surface area contributed by atoms with E-state index < -0.39 is 0 Å². The highest BCUT2D eigenvalue weighted by Crippen LogP contribution is 2.24. The fraction of sp³-hybridized carbons (Fsp3) is 1.00. The molecule has 1 saturated carbocycles. The van der Waals surface area contributed by atoms with Gasteiger partial charge in [-0.2, -0.15) is 0 Å². The molecule has 2 nitrogen and oxygen atoms in total. The third-order valence-corrected chi connectivity index (χ3v) is 2.07. The zero-order valence-electron chi connectivity index (χ0n) is 6.71. The molecule has 1 aliphatic carbocycles. The lowest BCUT2D eigenvalue weighted by Gasteiger charge is -2.33. The molecule has 0 bridgehead atoms. The fourth-order valence-electron chi connectivity index (χ4n) is 1.07. The van der Waals surface area contributed by atoms with E-state index in [0.29, 0.717) is 12.2 Å². The van der Waals surface area contributed by atoms with E-state index in [9.17, 15) is 0 Å². The van der Waals surface area contributed by atoms with Crippen LogP contribution in [-0.4, -0.2) is 23.4 Å². The van der Waals surface area contributed by atoms with Crippen molar-refractivity contribution in [3.8, 4) is 0 Å². The summed E-state index contributed by atoms with van der Waals surface area (Å²) in [4.78, 5) is 0. The quantitative estimate of drug-likeness (QED) is 0.647. The van der Waals surface area contributed by atoms with Crippen molar-refractivity contribution in [2.45, 2.75) is 51.4 Å². The maximum absolute atomic E-state index is 8.92. The van der Waals surface area contributed by atoms with E-state index in [1.807, 2.05) is 0 Å². The summed E-state index contributed by atoms with van der Waals surface area (Å²) in [5.41, 5.74) is 0. The van der Waals surface area contributed by atoms with Gasteiger partial charge in [0.15, 0.2) is 0 Å². The van der Waals surface area contributed by atoms with E-state index in [1.165, 1.54) is 0 Å². The van der Waals surface area contributed by atoms with Crippen LogP contribution in [0.5, 0.6) is 0 Å². The molecule has 1 N–H and O–H groups in total. The summed E-state index contributed by atoms with van der Waals surface area (Å²) in [7, 11) is 0. The lowest BCUT2D eigenvalue weighted by atomic mass is 9.92. The topological polar surface area (TPSA) is 29.5 Å². The molecule has 0 aromatic carbocycles. The van der Waals surface area contributed by atoms with Crippen molar-refractivity contribution in [2.75, 3.05) is 0 Å². The lowest BCUT2D eigenvalue weighted by Crippen LogP contribution is -2.37. The number of hydrogen-bond acceptors (Lipinski definition) is 2. The van der Waals surface area contributed by atoms with Crippen LogP contribution in [-0.2, 0) is 4.74 Å². The van der Waals surface area contributed by atoms with Gasteiger partial charge in [0.2, 0.25) is 0 Å². The molecule has 2 heteroatoms. The highest BCUT2D eigenvalue weighted by atomic mass is 16.5. The second-order valence-corrected chi connectivity index (χ2v) is 3.10. The summed E-state index contributed by atoms with van der Waals surface area (Å²) >= 11 is 0. The third-order valence-electron chi connectivity index (χ3n) is 2.07. The van der Waals surface area contributed by atoms with E-state index in [-0.39, 0.29) is 6.10 Å². The first-order valence-corrected chi connectivity index (χ1v) is 4.06. The zero-order valence-corrected chi connectivity index (χ0v) is 6.71. The summed E-state index contributed by atoms with van der Waals surface area (Å²) in [5.74, 6) is 0. The summed E-state index contributed by atoms with van der Waals surface area (Å²) in [6.45, 7) is 4.18. The first-order chi connectivity index (χ1) is 4.72. The van der Waals surface area contributed by atoms with Crippen molar-refractivity contribution in [1.82, 2.24) is 0 Å². The summed E-state index contributed by atoms with van der Waals surface area (Å²) < 4.78 is 5.55. The highest BCUT2D eigenvalue weighted by molar-refractivity contribution is 4.79. The largest absolute Gasteiger partial charge is 0.393 e. The van der Waals surface area contributed by atoms with Gasteiger partial charge in [-0.25, -0.2) is 0 Å². The van der Waals surface area contributed by atoms with E-state index >= 15 is 0 Å². The van der Waals surface area contributed by atoms with Crippen LogP contribution in [0, 0.1) is 0 Å². The Labute approximate surface area is 62.2 Å². The average molecular weight is 144 g/mol. The van der Waals surface area contributed by atoms with Crippen LogP contribution >= 0.6 is 0 Å². The predicted octanol–water partition coefficient (Wildman–Crippen LogP) is 1.32. The molecule has 60 valence electrons. The van der Waals surface area contributed by atoms with Crippen molar-refractivity contribution in [2.24, 2.45) is 0 Å². The zero-order chi connectivity index (χ0) is 7.56. The third kappa shape index (κ3) is 1.96. The van der Waals surface area contributed by atoms with Crippen molar-refractivity contribution in [1.29, 1.82) is 0 Å². The summed E-state index contributed by atoms with van der Waals surface area (Å²) in [5, 5.41) is 8.92. The van der Waals surface area contributed by atoms with E-state index in [0.717, 1.165) is 19.3 Å². The van der Waals surface area contributed by atoms with Crippen LogP contribution in [0.15, 0.2) is 0 Å². The van der Waals surface area contributed by atoms with E-state index in [4.69, 9.17) is 9.84 Å². The lowest BCUT2D eigenvalue weighted by molar-refractivity contribution is -0.0988. The normalized spacial score (nSPS) is 35.1. The number of rotatable bonds is 3. The van der Waals surface area contributed by atoms with E-state index in [1.54, 1.807) is 0 Å². The molecule has 1 aliphatic rings. The Bertz CT molecular complexity index is 97.4. The van der Waals surface area contributed by atoms with Gasteiger partial charge >= 0.3 is 0 Å². The summed E-state index contributed by atoms with van der Waals surface area (Å²) in [6.07, 6.45) is 3.35. The van der Waals surface area contributed by atoms with Crippen molar-refractivity contribution >= 4 is 0 Å². The first kappa shape index (κ1) is 8.02. The van der Waals surface area contributed by atoms with E-state index in [2.05, 4.69) is 13.8 Å². The Morgan fingerprint density at radius 3 is 2.60 bits per heavy atom. The smallest absolute Gasteiger partial charge is 0.0628 e. The van der Waals surface area contributed by atoms with Crippen LogP contribution in [0.3, 0.4) is 0 Å². The summed E-state index contributed by atoms with van der Waals surface area (Å²) in [6, 6.07) is 0. The monoisotopic (exact) mass is 144 g/mol. The maximum Gasteiger partial charge on any atom is 0.0628 e. The number of aliphatic hydroxyl groups is 1. The van der Waals surface area contributed by atoms with Gasteiger partial charge in [0.1, 0.15) is 0 Å². The molecule has 0 aliphatic heterocycles. The molecule has 0 radical (unpaired) electrons. The van der Waals surface area contributed by atoms with Crippen LogP contribution in [0.25, 0.3) is 0 Å². The van der Waals surface area contributed by atoms with Crippen LogP contribution in [0.2, 0.25) is 0 Å². The molecule has 0 heterocycles. The average Bonchev–Trinajstić information content (AvgIpc) is 1.84. The fourth-order valence-corrected chi connectivity index (χ4v) is 1.07. The van der Waals surface area contributed by atoms with Crippen molar-refractivity contribution in [3.05, 3.63) is 0 Å². The van der Waals surface area contributed by atoms with Gasteiger partial charge < -0.3 is 9.84 Å². The van der Waals surface area contributed by atoms with Crippen molar-refractivity contribution in [3.63, 3.8) is 0 Å². The molecule has 0 aromatic heterocycles. The first-order valence-electron chi connectivity index (χ1n) is 4.06. The van der Waals surface area contributed by atoms with Gasteiger partial charge in [-0.05, 0) is 26.2 Å². The predicted molar refractivity (Wildman–Crippen MR) is 39.9 cm³/mol. The Morgan fingerprint density at radius 2 is 2.20 bits per heavy atom. The molecule has 1 atom stereocenters. The molecule has 10 heavy (non-hydrogen) atoms. The van der Waals surface area contributed by atoms with Crippen LogP contribution in [0.1, 0.15) is 33.1 Å². The minimum atomic E-state index is -0.0888. The molecular formula is C8H16O2. The van der Waals surface area contributed by atoms with Gasteiger partial charge in [-0.3, -0.25) is 0 Å².